The zero-order valence-corrected chi connectivity index (χ0v) is 24.0. The Morgan fingerprint density at radius 3 is 2.32 bits per heavy atom. The molecule has 3 aromatic rings. The highest BCUT2D eigenvalue weighted by Crippen LogP contribution is 2.27. The molecule has 7 nitrogen and oxygen atoms in total. The van der Waals surface area contributed by atoms with Gasteiger partial charge in [-0.1, -0.05) is 74.8 Å². The summed E-state index contributed by atoms with van der Waals surface area (Å²) >= 11 is 13.5. The predicted molar refractivity (Wildman–Crippen MR) is 152 cm³/mol. The number of aromatic nitrogens is 3. The highest BCUT2D eigenvalue weighted by atomic mass is 35.5. The van der Waals surface area contributed by atoms with E-state index in [4.69, 9.17) is 23.2 Å². The molecular weight excluding hydrogens is 529 g/mol. The molecular formula is C27H33Cl2N5O2S. The first-order valence-electron chi connectivity index (χ1n) is 12.3. The van der Waals surface area contributed by atoms with Gasteiger partial charge in [0.1, 0.15) is 0 Å². The van der Waals surface area contributed by atoms with E-state index in [1.165, 1.54) is 17.3 Å². The van der Waals surface area contributed by atoms with E-state index in [9.17, 15) is 9.59 Å². The highest BCUT2D eigenvalue weighted by Gasteiger charge is 2.25. The second-order valence-corrected chi connectivity index (χ2v) is 11.3. The molecule has 0 saturated carbocycles. The second kappa shape index (κ2) is 13.3. The van der Waals surface area contributed by atoms with Gasteiger partial charge in [-0.3, -0.25) is 9.59 Å². The molecule has 0 aliphatic heterocycles. The Morgan fingerprint density at radius 1 is 1.03 bits per heavy atom. The highest BCUT2D eigenvalue weighted by molar-refractivity contribution is 7.99. The first-order chi connectivity index (χ1) is 17.6. The Labute approximate surface area is 232 Å². The van der Waals surface area contributed by atoms with Crippen LogP contribution >= 0.6 is 35.0 Å². The van der Waals surface area contributed by atoms with E-state index < -0.39 is 0 Å². The third-order valence-corrected chi connectivity index (χ3v) is 7.27. The fraction of sp³-hybridized carbons (Fsp3) is 0.407. The van der Waals surface area contributed by atoms with Crippen LogP contribution in [0.5, 0.6) is 0 Å². The molecule has 3 rings (SSSR count). The number of amides is 2. The molecule has 0 radical (unpaired) electrons. The minimum absolute atomic E-state index is 0.126. The van der Waals surface area contributed by atoms with Crippen molar-refractivity contribution in [2.75, 3.05) is 11.1 Å². The quantitative estimate of drug-likeness (QED) is 0.246. The molecule has 2 N–H and O–H groups in total. The number of hydrogen-bond acceptors (Lipinski definition) is 5. The van der Waals surface area contributed by atoms with Crippen LogP contribution in [0.1, 0.15) is 74.7 Å². The molecule has 0 aliphatic carbocycles. The second-order valence-electron chi connectivity index (χ2n) is 9.48. The van der Waals surface area contributed by atoms with E-state index in [0.717, 1.165) is 5.69 Å². The molecule has 198 valence electrons. The van der Waals surface area contributed by atoms with Crippen LogP contribution in [0.3, 0.4) is 0 Å². The molecule has 1 aromatic heterocycles. The Morgan fingerprint density at radius 2 is 1.73 bits per heavy atom. The van der Waals surface area contributed by atoms with Crippen molar-refractivity contribution >= 4 is 52.5 Å². The smallest absolute Gasteiger partial charge is 0.253 e. The van der Waals surface area contributed by atoms with Crippen molar-refractivity contribution < 1.29 is 9.59 Å². The Hall–Kier alpha value is -2.55. The van der Waals surface area contributed by atoms with Crippen LogP contribution in [0.4, 0.5) is 5.69 Å². The first kappa shape index (κ1) is 29.0. The number of thioether (sulfide) groups is 1. The fourth-order valence-corrected chi connectivity index (χ4v) is 5.15. The van der Waals surface area contributed by atoms with Crippen molar-refractivity contribution in [2.45, 2.75) is 64.7 Å². The van der Waals surface area contributed by atoms with Crippen molar-refractivity contribution in [3.8, 4) is 0 Å². The van der Waals surface area contributed by atoms with Gasteiger partial charge >= 0.3 is 0 Å². The van der Waals surface area contributed by atoms with Crippen molar-refractivity contribution in [3.05, 3.63) is 69.5 Å². The molecule has 0 saturated heterocycles. The van der Waals surface area contributed by atoms with Crippen LogP contribution in [0.15, 0.2) is 47.6 Å². The van der Waals surface area contributed by atoms with Crippen molar-refractivity contribution in [1.29, 1.82) is 0 Å². The summed E-state index contributed by atoms with van der Waals surface area (Å²) < 4.78 is 1.94. The maximum absolute atomic E-state index is 13.0. The lowest BCUT2D eigenvalue weighted by atomic mass is 10.0. The van der Waals surface area contributed by atoms with Crippen LogP contribution in [0, 0.1) is 5.92 Å². The third-order valence-electron chi connectivity index (χ3n) is 5.76. The van der Waals surface area contributed by atoms with Crippen LogP contribution in [-0.2, 0) is 11.3 Å². The summed E-state index contributed by atoms with van der Waals surface area (Å²) in [4.78, 5) is 25.6. The summed E-state index contributed by atoms with van der Waals surface area (Å²) in [6, 6.07) is 12.3. The molecule has 2 amide bonds. The van der Waals surface area contributed by atoms with Crippen molar-refractivity contribution in [1.82, 2.24) is 20.1 Å². The maximum Gasteiger partial charge on any atom is 0.253 e. The van der Waals surface area contributed by atoms with Gasteiger partial charge in [0.05, 0.1) is 22.4 Å². The fourth-order valence-electron chi connectivity index (χ4n) is 3.85. The van der Waals surface area contributed by atoms with Crippen molar-refractivity contribution in [2.24, 2.45) is 5.92 Å². The number of halogens is 2. The molecule has 1 heterocycles. The van der Waals surface area contributed by atoms with Gasteiger partial charge in [0.2, 0.25) is 5.91 Å². The lowest BCUT2D eigenvalue weighted by Gasteiger charge is -2.21. The Bertz CT molecular complexity index is 1230. The average Bonchev–Trinajstić information content (AvgIpc) is 3.25. The number of nitrogens with zero attached hydrogens (tertiary/aromatic N) is 3. The van der Waals surface area contributed by atoms with Gasteiger partial charge in [-0.05, 0) is 61.1 Å². The summed E-state index contributed by atoms with van der Waals surface area (Å²) in [5, 5.41) is 16.1. The number of rotatable bonds is 11. The normalized spacial score (nSPS) is 12.1. The van der Waals surface area contributed by atoms with E-state index in [-0.39, 0.29) is 34.5 Å². The predicted octanol–water partition coefficient (Wildman–Crippen LogP) is 6.98. The summed E-state index contributed by atoms with van der Waals surface area (Å²) in [5.74, 6) is 1.11. The number of benzene rings is 2. The summed E-state index contributed by atoms with van der Waals surface area (Å²) in [5.41, 5.74) is 2.32. The number of carbonyl (C=O) groups is 2. The van der Waals surface area contributed by atoms with E-state index in [0.29, 0.717) is 40.5 Å². The summed E-state index contributed by atoms with van der Waals surface area (Å²) in [7, 11) is 0. The molecule has 0 unspecified atom stereocenters. The van der Waals surface area contributed by atoms with E-state index in [1.54, 1.807) is 18.2 Å². The summed E-state index contributed by atoms with van der Waals surface area (Å²) in [6.45, 7) is 11.0. The van der Waals surface area contributed by atoms with Crippen LogP contribution in [0.25, 0.3) is 0 Å². The molecule has 10 heteroatoms. The Kier molecular flexibility index (Phi) is 10.4. The van der Waals surface area contributed by atoms with E-state index in [2.05, 4.69) is 48.5 Å². The van der Waals surface area contributed by atoms with Crippen LogP contribution < -0.4 is 10.6 Å². The minimum Gasteiger partial charge on any atom is -0.342 e. The van der Waals surface area contributed by atoms with Gasteiger partial charge in [0, 0.05) is 17.3 Å². The third kappa shape index (κ3) is 7.97. The minimum atomic E-state index is -0.380. The van der Waals surface area contributed by atoms with E-state index in [1.807, 2.05) is 35.8 Å². The lowest BCUT2D eigenvalue weighted by molar-refractivity contribution is -0.113. The zero-order valence-electron chi connectivity index (χ0n) is 21.7. The first-order valence-corrected chi connectivity index (χ1v) is 14.0. The van der Waals surface area contributed by atoms with Gasteiger partial charge in [-0.25, -0.2) is 0 Å². The van der Waals surface area contributed by atoms with Crippen LogP contribution in [0.2, 0.25) is 10.0 Å². The molecule has 2 aromatic carbocycles. The number of anilines is 1. The molecule has 37 heavy (non-hydrogen) atoms. The van der Waals surface area contributed by atoms with Crippen molar-refractivity contribution in [3.63, 3.8) is 0 Å². The largest absolute Gasteiger partial charge is 0.342 e. The molecule has 1 atom stereocenters. The average molecular weight is 563 g/mol. The molecule has 0 aliphatic rings. The summed E-state index contributed by atoms with van der Waals surface area (Å²) in [6.07, 6.45) is 0.659. The van der Waals surface area contributed by atoms with Gasteiger partial charge < -0.3 is 15.2 Å². The van der Waals surface area contributed by atoms with Crippen LogP contribution in [-0.4, -0.2) is 32.3 Å². The topological polar surface area (TPSA) is 88.9 Å². The standard InChI is InChI=1S/C27H33Cl2N5O2S/c1-6-34-25(23(13-16(2)3)31-26(36)21-12-9-19(28)14-22(21)29)32-33-27(34)37-15-24(35)30-20-10-7-18(8-11-20)17(4)5/h7-12,14,16-17,23H,6,13,15H2,1-5H3,(H,30,35)(H,31,36)/t23-/m1/s1. The monoisotopic (exact) mass is 561 g/mol. The number of hydrogen-bond donors (Lipinski definition) is 2. The number of carbonyl (C=O) groups excluding carboxylic acids is 2. The van der Waals surface area contributed by atoms with E-state index >= 15 is 0 Å². The van der Waals surface area contributed by atoms with Gasteiger partial charge in [0.15, 0.2) is 11.0 Å². The van der Waals surface area contributed by atoms with Gasteiger partial charge in [-0.2, -0.15) is 0 Å². The molecule has 0 fully saturated rings. The molecule has 0 bridgehead atoms. The zero-order chi connectivity index (χ0) is 27.1. The number of nitrogens with one attached hydrogen (secondary N) is 2. The lowest BCUT2D eigenvalue weighted by Crippen LogP contribution is -2.31. The van der Waals surface area contributed by atoms with Gasteiger partial charge in [0.25, 0.3) is 5.91 Å². The van der Waals surface area contributed by atoms with Gasteiger partial charge in [-0.15, -0.1) is 10.2 Å². The maximum atomic E-state index is 13.0. The SMILES string of the molecule is CCn1c(SCC(=O)Nc2ccc(C(C)C)cc2)nnc1[C@@H](CC(C)C)NC(=O)c1ccc(Cl)cc1Cl. The Balaban J connectivity index is 1.71. The molecule has 0 spiro atoms.